The SMILES string of the molecule is N[C@@H](CO[C@@H]1O[C@H](CO)[C@H](O)[C@H](O)[C@H]1O)[C@H](O)c1nccs1. The van der Waals surface area contributed by atoms with Crippen LogP contribution in [0.15, 0.2) is 11.6 Å². The van der Waals surface area contributed by atoms with Gasteiger partial charge in [0.05, 0.1) is 19.3 Å². The Morgan fingerprint density at radius 1 is 1.32 bits per heavy atom. The van der Waals surface area contributed by atoms with Gasteiger partial charge in [-0.25, -0.2) is 4.98 Å². The Balaban J connectivity index is 1.90. The average molecular weight is 336 g/mol. The van der Waals surface area contributed by atoms with Gasteiger partial charge in [0.1, 0.15) is 35.5 Å². The molecule has 0 unspecified atom stereocenters. The molecule has 0 saturated carbocycles. The Labute approximate surface area is 130 Å². The molecule has 2 rings (SSSR count). The molecule has 10 heteroatoms. The molecule has 0 spiro atoms. The van der Waals surface area contributed by atoms with Crippen LogP contribution in [0.4, 0.5) is 0 Å². The van der Waals surface area contributed by atoms with E-state index >= 15 is 0 Å². The van der Waals surface area contributed by atoms with E-state index in [0.29, 0.717) is 5.01 Å². The molecule has 0 radical (unpaired) electrons. The second kappa shape index (κ2) is 7.73. The lowest BCUT2D eigenvalue weighted by atomic mass is 9.99. The zero-order valence-electron chi connectivity index (χ0n) is 11.6. The van der Waals surface area contributed by atoms with Crippen LogP contribution >= 0.6 is 11.3 Å². The largest absolute Gasteiger partial charge is 0.394 e. The van der Waals surface area contributed by atoms with Crippen molar-refractivity contribution in [2.75, 3.05) is 13.2 Å². The molecule has 2 heterocycles. The van der Waals surface area contributed by atoms with Gasteiger partial charge in [-0.15, -0.1) is 11.3 Å². The monoisotopic (exact) mass is 336 g/mol. The van der Waals surface area contributed by atoms with Crippen LogP contribution in [0.1, 0.15) is 11.1 Å². The van der Waals surface area contributed by atoms with E-state index in [0.717, 1.165) is 0 Å². The van der Waals surface area contributed by atoms with Crippen molar-refractivity contribution in [3.63, 3.8) is 0 Å². The van der Waals surface area contributed by atoms with Gasteiger partial charge in [-0.2, -0.15) is 0 Å². The van der Waals surface area contributed by atoms with Crippen LogP contribution < -0.4 is 5.73 Å². The zero-order chi connectivity index (χ0) is 16.3. The highest BCUT2D eigenvalue weighted by Gasteiger charge is 2.44. The summed E-state index contributed by atoms with van der Waals surface area (Å²) in [6, 6.07) is -0.821. The van der Waals surface area contributed by atoms with Crippen LogP contribution in [-0.4, -0.2) is 80.5 Å². The van der Waals surface area contributed by atoms with Gasteiger partial charge in [-0.3, -0.25) is 0 Å². The first kappa shape index (κ1) is 17.7. The maximum absolute atomic E-state index is 9.98. The highest BCUT2D eigenvalue weighted by molar-refractivity contribution is 7.09. The summed E-state index contributed by atoms with van der Waals surface area (Å²) in [4.78, 5) is 3.94. The van der Waals surface area contributed by atoms with Crippen LogP contribution in [0.5, 0.6) is 0 Å². The molecule has 9 nitrogen and oxygen atoms in total. The summed E-state index contributed by atoms with van der Waals surface area (Å²) in [6.07, 6.45) is -6.29. The van der Waals surface area contributed by atoms with Crippen molar-refractivity contribution < 1.29 is 35.0 Å². The smallest absolute Gasteiger partial charge is 0.186 e. The number of aromatic nitrogens is 1. The molecule has 7 N–H and O–H groups in total. The third-order valence-corrected chi connectivity index (χ3v) is 4.26. The van der Waals surface area contributed by atoms with Crippen molar-refractivity contribution in [3.05, 3.63) is 16.6 Å². The second-order valence-corrected chi connectivity index (χ2v) is 5.94. The molecular weight excluding hydrogens is 316 g/mol. The van der Waals surface area contributed by atoms with E-state index in [1.807, 2.05) is 0 Å². The average Bonchev–Trinajstić information content (AvgIpc) is 3.05. The Hall–Kier alpha value is -0.690. The fourth-order valence-electron chi connectivity index (χ4n) is 2.07. The van der Waals surface area contributed by atoms with E-state index in [2.05, 4.69) is 4.98 Å². The predicted molar refractivity (Wildman–Crippen MR) is 74.8 cm³/mol. The standard InChI is InChI=1S/C12H20N2O7S/c13-5(7(16)11-14-1-2-22-11)4-20-12-10(19)9(18)8(17)6(3-15)21-12/h1-2,5-10,12,15-19H,3-4,13H2/t5-,6+,7-,8-,9-,10+,12+/m0/s1. The van der Waals surface area contributed by atoms with Crippen molar-refractivity contribution in [2.45, 2.75) is 42.9 Å². The minimum atomic E-state index is -1.52. The molecule has 126 valence electrons. The fraction of sp³-hybridized carbons (Fsp3) is 0.750. The lowest BCUT2D eigenvalue weighted by Crippen LogP contribution is -2.59. The number of thiazole rings is 1. The highest BCUT2D eigenvalue weighted by Crippen LogP contribution is 2.23. The number of hydrogen-bond donors (Lipinski definition) is 6. The van der Waals surface area contributed by atoms with Crippen molar-refractivity contribution in [1.82, 2.24) is 4.98 Å². The maximum Gasteiger partial charge on any atom is 0.186 e. The lowest BCUT2D eigenvalue weighted by Gasteiger charge is -2.39. The van der Waals surface area contributed by atoms with Gasteiger partial charge < -0.3 is 40.7 Å². The van der Waals surface area contributed by atoms with Crippen molar-refractivity contribution in [2.24, 2.45) is 5.73 Å². The Morgan fingerprint density at radius 2 is 2.05 bits per heavy atom. The summed E-state index contributed by atoms with van der Waals surface area (Å²) in [6.45, 7) is -0.720. The Bertz CT molecular complexity index is 447. The number of ether oxygens (including phenoxy) is 2. The van der Waals surface area contributed by atoms with Gasteiger partial charge in [-0.1, -0.05) is 0 Å². The summed E-state index contributed by atoms with van der Waals surface area (Å²) in [5.74, 6) is 0. The van der Waals surface area contributed by atoms with E-state index in [1.54, 1.807) is 5.38 Å². The number of nitrogens with zero attached hydrogens (tertiary/aromatic N) is 1. The first-order valence-corrected chi connectivity index (χ1v) is 7.58. The molecule has 1 saturated heterocycles. The van der Waals surface area contributed by atoms with Gasteiger partial charge >= 0.3 is 0 Å². The van der Waals surface area contributed by atoms with E-state index in [1.165, 1.54) is 17.5 Å². The van der Waals surface area contributed by atoms with Crippen molar-refractivity contribution in [3.8, 4) is 0 Å². The van der Waals surface area contributed by atoms with Gasteiger partial charge in [0, 0.05) is 11.6 Å². The minimum Gasteiger partial charge on any atom is -0.394 e. The van der Waals surface area contributed by atoms with E-state index in [9.17, 15) is 20.4 Å². The molecular formula is C12H20N2O7S. The summed E-state index contributed by atoms with van der Waals surface area (Å²) < 4.78 is 10.4. The first-order chi connectivity index (χ1) is 10.5. The van der Waals surface area contributed by atoms with Crippen LogP contribution in [0.2, 0.25) is 0 Å². The van der Waals surface area contributed by atoms with Crippen LogP contribution in [0, 0.1) is 0 Å². The zero-order valence-corrected chi connectivity index (χ0v) is 12.4. The van der Waals surface area contributed by atoms with Crippen LogP contribution in [-0.2, 0) is 9.47 Å². The van der Waals surface area contributed by atoms with Crippen LogP contribution in [0.25, 0.3) is 0 Å². The molecule has 0 aromatic carbocycles. The van der Waals surface area contributed by atoms with Gasteiger partial charge in [0.15, 0.2) is 6.29 Å². The Kier molecular flexibility index (Phi) is 6.20. The molecule has 1 aliphatic heterocycles. The molecule has 0 aliphatic carbocycles. The summed E-state index contributed by atoms with van der Waals surface area (Å²) >= 11 is 1.24. The predicted octanol–water partition coefficient (Wildman–Crippen LogP) is -2.68. The third kappa shape index (κ3) is 3.79. The van der Waals surface area contributed by atoms with E-state index in [-0.39, 0.29) is 6.61 Å². The topological polar surface area (TPSA) is 159 Å². The van der Waals surface area contributed by atoms with Gasteiger partial charge in [0.2, 0.25) is 0 Å². The third-order valence-electron chi connectivity index (χ3n) is 3.41. The molecule has 22 heavy (non-hydrogen) atoms. The molecule has 7 atom stereocenters. The van der Waals surface area contributed by atoms with Crippen molar-refractivity contribution >= 4 is 11.3 Å². The Morgan fingerprint density at radius 3 is 2.64 bits per heavy atom. The molecule has 1 aromatic rings. The highest BCUT2D eigenvalue weighted by atomic mass is 32.1. The molecule has 0 amide bonds. The molecule has 1 aliphatic rings. The number of aliphatic hydroxyl groups excluding tert-OH is 5. The first-order valence-electron chi connectivity index (χ1n) is 6.70. The summed E-state index contributed by atoms with van der Waals surface area (Å²) in [7, 11) is 0. The number of rotatable bonds is 6. The van der Waals surface area contributed by atoms with Crippen molar-refractivity contribution in [1.29, 1.82) is 0 Å². The molecule has 1 aromatic heterocycles. The number of hydrogen-bond acceptors (Lipinski definition) is 10. The maximum atomic E-state index is 9.98. The fourth-order valence-corrected chi connectivity index (χ4v) is 2.76. The van der Waals surface area contributed by atoms with Crippen LogP contribution in [0.3, 0.4) is 0 Å². The van der Waals surface area contributed by atoms with Gasteiger partial charge in [0.25, 0.3) is 0 Å². The summed E-state index contributed by atoms with van der Waals surface area (Å²) in [5.41, 5.74) is 5.79. The quantitative estimate of drug-likeness (QED) is 0.325. The number of aliphatic hydroxyl groups is 5. The minimum absolute atomic E-state index is 0.177. The number of nitrogens with two attached hydrogens (primary N) is 1. The normalized spacial score (nSPS) is 35.3. The second-order valence-electron chi connectivity index (χ2n) is 5.01. The lowest BCUT2D eigenvalue weighted by molar-refractivity contribution is -0.302. The van der Waals surface area contributed by atoms with E-state index in [4.69, 9.17) is 20.3 Å². The summed E-state index contributed by atoms with van der Waals surface area (Å²) in [5, 5.41) is 50.3. The molecule has 0 bridgehead atoms. The molecule has 1 fully saturated rings. The van der Waals surface area contributed by atoms with Gasteiger partial charge in [-0.05, 0) is 0 Å². The van der Waals surface area contributed by atoms with E-state index < -0.39 is 49.5 Å².